The van der Waals surface area contributed by atoms with Crippen LogP contribution in [0.2, 0.25) is 0 Å². The summed E-state index contributed by atoms with van der Waals surface area (Å²) in [7, 11) is 1.45. The van der Waals surface area contributed by atoms with Gasteiger partial charge in [0.1, 0.15) is 27.6 Å². The zero-order chi connectivity index (χ0) is 29.4. The molecule has 2 amide bonds. The van der Waals surface area contributed by atoms with E-state index in [9.17, 15) is 19.5 Å². The van der Waals surface area contributed by atoms with E-state index in [-0.39, 0.29) is 23.9 Å². The lowest BCUT2D eigenvalue weighted by Crippen LogP contribution is -2.42. The fourth-order valence-corrected chi connectivity index (χ4v) is 7.69. The number of nitrogens with zero attached hydrogens (tertiary/aromatic N) is 1. The number of thiocarbonyl (C=S) groups is 1. The third kappa shape index (κ3) is 5.61. The van der Waals surface area contributed by atoms with Crippen LogP contribution >= 0.6 is 24.0 Å². The summed E-state index contributed by atoms with van der Waals surface area (Å²) in [6.45, 7) is 0. The Balaban J connectivity index is 1.19. The highest BCUT2D eigenvalue weighted by Gasteiger charge is 2.48. The zero-order valence-corrected chi connectivity index (χ0v) is 24.6. The standard InChI is InChI=1S/C32H30N2O6S2/c1-39-27-11-9-21(16-23(27)29(35)33-24(31(37)38)14-18-5-3-2-4-6-18)26-12-10-22(40-26)17-28-30(36)34(32(41)42-28)25-15-19-7-8-20(25)13-19/h2-6,9-12,16-17,19-20,24-25H,7-8,13-15H2,1H3,(H,33,35)(H,37,38)/b28-17-/t19?,20?,24-,25?/m0/s1. The summed E-state index contributed by atoms with van der Waals surface area (Å²) in [4.78, 5) is 40.8. The van der Waals surface area contributed by atoms with Crippen molar-refractivity contribution in [1.29, 1.82) is 0 Å². The number of hydrogen-bond donors (Lipinski definition) is 2. The summed E-state index contributed by atoms with van der Waals surface area (Å²) in [6.07, 6.45) is 6.49. The van der Waals surface area contributed by atoms with Gasteiger partial charge in [-0.3, -0.25) is 14.5 Å². The minimum Gasteiger partial charge on any atom is -0.496 e. The molecule has 3 aliphatic rings. The van der Waals surface area contributed by atoms with Crippen LogP contribution in [0.15, 0.2) is 70.0 Å². The second-order valence-electron chi connectivity index (χ2n) is 11.0. The highest BCUT2D eigenvalue weighted by atomic mass is 32.2. The summed E-state index contributed by atoms with van der Waals surface area (Å²) in [6, 6.07) is 16.7. The van der Waals surface area contributed by atoms with Crippen molar-refractivity contribution in [2.75, 3.05) is 7.11 Å². The van der Waals surface area contributed by atoms with E-state index in [0.717, 1.165) is 12.0 Å². The normalized spacial score (nSPS) is 23.0. The van der Waals surface area contributed by atoms with Crippen LogP contribution in [0.3, 0.4) is 0 Å². The van der Waals surface area contributed by atoms with Crippen molar-refractivity contribution in [1.82, 2.24) is 10.2 Å². The molecule has 2 bridgehead atoms. The van der Waals surface area contributed by atoms with Crippen LogP contribution in [0.5, 0.6) is 5.75 Å². The number of carbonyl (C=O) groups is 3. The molecule has 2 aliphatic carbocycles. The Kier molecular flexibility index (Phi) is 7.92. The van der Waals surface area contributed by atoms with Crippen LogP contribution in [-0.4, -0.2) is 51.3 Å². The van der Waals surface area contributed by atoms with Crippen molar-refractivity contribution in [2.24, 2.45) is 11.8 Å². The number of rotatable bonds is 9. The van der Waals surface area contributed by atoms with Gasteiger partial charge in [-0.05, 0) is 67.0 Å². The average molecular weight is 603 g/mol. The van der Waals surface area contributed by atoms with Gasteiger partial charge >= 0.3 is 5.97 Å². The summed E-state index contributed by atoms with van der Waals surface area (Å²) in [5.41, 5.74) is 1.57. The van der Waals surface area contributed by atoms with Crippen LogP contribution in [0.1, 0.15) is 47.4 Å². The molecule has 3 aromatic rings. The first-order chi connectivity index (χ1) is 20.3. The number of carboxylic acids is 1. The molecule has 1 saturated heterocycles. The lowest BCUT2D eigenvalue weighted by Gasteiger charge is -2.30. The Morgan fingerprint density at radius 1 is 1.17 bits per heavy atom. The van der Waals surface area contributed by atoms with E-state index in [1.807, 2.05) is 35.2 Å². The number of fused-ring (bicyclic) bond motifs is 2. The van der Waals surface area contributed by atoms with E-state index in [4.69, 9.17) is 21.4 Å². The first-order valence-corrected chi connectivity index (χ1v) is 15.2. The molecule has 2 aromatic carbocycles. The molecule has 10 heteroatoms. The lowest BCUT2D eigenvalue weighted by molar-refractivity contribution is -0.139. The zero-order valence-electron chi connectivity index (χ0n) is 22.9. The van der Waals surface area contributed by atoms with E-state index in [0.29, 0.717) is 43.9 Å². The molecule has 8 nitrogen and oxygen atoms in total. The maximum atomic E-state index is 13.3. The highest BCUT2D eigenvalue weighted by Crippen LogP contribution is 2.49. The van der Waals surface area contributed by atoms with Crippen LogP contribution in [0.4, 0.5) is 0 Å². The van der Waals surface area contributed by atoms with Gasteiger partial charge in [0.25, 0.3) is 11.8 Å². The number of carboxylic acid groups (broad SMARTS) is 1. The van der Waals surface area contributed by atoms with Gasteiger partial charge in [0.15, 0.2) is 0 Å². The number of ether oxygens (including phenoxy) is 1. The van der Waals surface area contributed by atoms with Gasteiger partial charge < -0.3 is 19.6 Å². The molecule has 0 spiro atoms. The third-order valence-corrected chi connectivity index (χ3v) is 9.70. The molecule has 3 unspecified atom stereocenters. The number of aliphatic carboxylic acids is 1. The number of hydrogen-bond acceptors (Lipinski definition) is 7. The number of nitrogens with one attached hydrogen (secondary N) is 1. The number of carbonyl (C=O) groups excluding carboxylic acids is 2. The van der Waals surface area contributed by atoms with Gasteiger partial charge in [0.05, 0.1) is 17.6 Å². The maximum Gasteiger partial charge on any atom is 0.326 e. The molecular weight excluding hydrogens is 572 g/mol. The molecule has 3 fully saturated rings. The molecule has 2 N–H and O–H groups in total. The summed E-state index contributed by atoms with van der Waals surface area (Å²) in [5, 5.41) is 12.4. The minimum absolute atomic E-state index is 0.0626. The summed E-state index contributed by atoms with van der Waals surface area (Å²) < 4.78 is 12.1. The Morgan fingerprint density at radius 2 is 1.98 bits per heavy atom. The number of methoxy groups -OCH3 is 1. The first-order valence-electron chi connectivity index (χ1n) is 13.9. The SMILES string of the molecule is COc1ccc(-c2ccc(/C=C3\SC(=S)N(C4CC5CCC4C5)C3=O)o2)cc1C(=O)N[C@@H](Cc1ccccc1)C(=O)O. The van der Waals surface area contributed by atoms with Gasteiger partial charge in [0.2, 0.25) is 0 Å². The van der Waals surface area contributed by atoms with Crippen molar-refractivity contribution in [3.63, 3.8) is 0 Å². The van der Waals surface area contributed by atoms with Gasteiger partial charge in [-0.1, -0.05) is 60.7 Å². The van der Waals surface area contributed by atoms with Gasteiger partial charge in [-0.25, -0.2) is 4.79 Å². The van der Waals surface area contributed by atoms with Gasteiger partial charge in [-0.2, -0.15) is 0 Å². The Morgan fingerprint density at radius 3 is 2.67 bits per heavy atom. The third-order valence-electron chi connectivity index (χ3n) is 8.37. The number of benzene rings is 2. The molecule has 2 saturated carbocycles. The predicted octanol–water partition coefficient (Wildman–Crippen LogP) is 5.77. The summed E-state index contributed by atoms with van der Waals surface area (Å²) >= 11 is 6.91. The van der Waals surface area contributed by atoms with Crippen LogP contribution in [0, 0.1) is 11.8 Å². The van der Waals surface area contributed by atoms with Crippen LogP contribution in [-0.2, 0) is 16.0 Å². The monoisotopic (exact) mass is 602 g/mol. The molecule has 0 radical (unpaired) electrons. The first kappa shape index (κ1) is 28.2. The molecule has 4 atom stereocenters. The number of amides is 2. The Hall–Kier alpha value is -3.89. The minimum atomic E-state index is -1.14. The van der Waals surface area contributed by atoms with Crippen LogP contribution in [0.25, 0.3) is 17.4 Å². The van der Waals surface area contributed by atoms with Crippen LogP contribution < -0.4 is 10.1 Å². The molecule has 6 rings (SSSR count). The van der Waals surface area contributed by atoms with E-state index < -0.39 is 17.9 Å². The van der Waals surface area contributed by atoms with E-state index in [2.05, 4.69) is 5.32 Å². The fourth-order valence-electron chi connectivity index (χ4n) is 6.33. The summed E-state index contributed by atoms with van der Waals surface area (Å²) in [5.74, 6) is 0.754. The van der Waals surface area contributed by atoms with Crippen molar-refractivity contribution in [3.05, 3.63) is 82.5 Å². The fraction of sp³-hybridized carbons (Fsp3) is 0.312. The van der Waals surface area contributed by atoms with Gasteiger partial charge in [-0.15, -0.1) is 0 Å². The second-order valence-corrected chi connectivity index (χ2v) is 12.6. The lowest BCUT2D eigenvalue weighted by atomic mass is 9.94. The number of furan rings is 1. The van der Waals surface area contributed by atoms with Crippen molar-refractivity contribution in [3.8, 4) is 17.1 Å². The highest BCUT2D eigenvalue weighted by molar-refractivity contribution is 8.26. The van der Waals surface area contributed by atoms with E-state index in [1.165, 1.54) is 38.1 Å². The predicted molar refractivity (Wildman–Crippen MR) is 164 cm³/mol. The molecule has 42 heavy (non-hydrogen) atoms. The largest absolute Gasteiger partial charge is 0.496 e. The maximum absolute atomic E-state index is 13.3. The smallest absolute Gasteiger partial charge is 0.326 e. The van der Waals surface area contributed by atoms with E-state index in [1.54, 1.807) is 36.4 Å². The average Bonchev–Trinajstić information content (AvgIpc) is 3.78. The van der Waals surface area contributed by atoms with Crippen molar-refractivity contribution < 1.29 is 28.6 Å². The molecular formula is C32H30N2O6S2. The molecule has 1 aromatic heterocycles. The molecule has 216 valence electrons. The quantitative estimate of drug-likeness (QED) is 0.235. The Bertz CT molecular complexity index is 1580. The van der Waals surface area contributed by atoms with E-state index >= 15 is 0 Å². The van der Waals surface area contributed by atoms with Gasteiger partial charge in [0, 0.05) is 24.1 Å². The molecule has 1 aliphatic heterocycles. The molecule has 2 heterocycles. The topological polar surface area (TPSA) is 109 Å². The number of thioether (sulfide) groups is 1. The Labute approximate surface area is 253 Å². The van der Waals surface area contributed by atoms with Crippen molar-refractivity contribution in [2.45, 2.75) is 44.2 Å². The van der Waals surface area contributed by atoms with Crippen molar-refractivity contribution >= 4 is 52.2 Å². The second kappa shape index (κ2) is 11.8.